The number of methoxy groups -OCH3 is 2. The third kappa shape index (κ3) is 5.43. The fourth-order valence-corrected chi connectivity index (χ4v) is 3.96. The van der Waals surface area contributed by atoms with Crippen LogP contribution in [-0.2, 0) is 14.3 Å². The van der Waals surface area contributed by atoms with Gasteiger partial charge in [0.1, 0.15) is 5.76 Å². The molecule has 0 saturated carbocycles. The number of Topliss-reactive ketones (excluding diaryl/α,β-unsaturated/α-hetero) is 1. The standard InChI is InChI=1S/C25H28N2O8/c1-15(2)35-12-6-11-26-22(16-9-10-19(33-3)20(14-16)34-4)21(24(29)25(26)30)23(28)17-7-5-8-18(13-17)27(31)32/h5,7-10,13-15,22,28H,6,11-12H2,1-4H3/b23-21+. The van der Waals surface area contributed by atoms with Crippen molar-refractivity contribution in [1.29, 1.82) is 0 Å². The smallest absolute Gasteiger partial charge is 0.295 e. The zero-order chi connectivity index (χ0) is 25.7. The van der Waals surface area contributed by atoms with Crippen LogP contribution in [0.25, 0.3) is 5.76 Å². The molecule has 1 unspecified atom stereocenters. The van der Waals surface area contributed by atoms with Gasteiger partial charge in [-0.05, 0) is 38.0 Å². The molecular formula is C25H28N2O8. The Hall–Kier alpha value is -3.92. The Balaban J connectivity index is 2.12. The predicted octanol–water partition coefficient (Wildman–Crippen LogP) is 3.85. The molecule has 1 atom stereocenters. The molecule has 1 amide bonds. The van der Waals surface area contributed by atoms with Gasteiger partial charge in [0.2, 0.25) is 0 Å². The Morgan fingerprint density at radius 1 is 1.11 bits per heavy atom. The molecule has 1 fully saturated rings. The third-order valence-electron chi connectivity index (χ3n) is 5.59. The number of ether oxygens (including phenoxy) is 3. The van der Waals surface area contributed by atoms with E-state index < -0.39 is 28.4 Å². The quantitative estimate of drug-likeness (QED) is 0.134. The molecule has 3 rings (SSSR count). The highest BCUT2D eigenvalue weighted by molar-refractivity contribution is 6.46. The molecule has 1 saturated heterocycles. The summed E-state index contributed by atoms with van der Waals surface area (Å²) in [6, 6.07) is 9.29. The van der Waals surface area contributed by atoms with E-state index in [0.29, 0.717) is 30.1 Å². The minimum Gasteiger partial charge on any atom is -0.507 e. The van der Waals surface area contributed by atoms with Crippen LogP contribution in [0.15, 0.2) is 48.0 Å². The molecule has 0 spiro atoms. The maximum atomic E-state index is 13.1. The minimum atomic E-state index is -0.937. The predicted molar refractivity (Wildman–Crippen MR) is 127 cm³/mol. The number of nitrogens with zero attached hydrogens (tertiary/aromatic N) is 2. The Morgan fingerprint density at radius 2 is 1.83 bits per heavy atom. The van der Waals surface area contributed by atoms with Gasteiger partial charge in [-0.25, -0.2) is 0 Å². The number of amides is 1. The van der Waals surface area contributed by atoms with Gasteiger partial charge >= 0.3 is 0 Å². The summed E-state index contributed by atoms with van der Waals surface area (Å²) in [6.07, 6.45) is 0.479. The van der Waals surface area contributed by atoms with Gasteiger partial charge in [0, 0.05) is 30.8 Å². The number of hydrogen-bond acceptors (Lipinski definition) is 8. The molecule has 1 heterocycles. The van der Waals surface area contributed by atoms with Gasteiger partial charge in [-0.2, -0.15) is 0 Å². The lowest BCUT2D eigenvalue weighted by Crippen LogP contribution is -2.31. The van der Waals surface area contributed by atoms with E-state index in [4.69, 9.17) is 14.2 Å². The van der Waals surface area contributed by atoms with Gasteiger partial charge in [0.05, 0.1) is 36.9 Å². The topological polar surface area (TPSA) is 128 Å². The van der Waals surface area contributed by atoms with Crippen LogP contribution >= 0.6 is 0 Å². The van der Waals surface area contributed by atoms with Crippen LogP contribution in [0.1, 0.15) is 37.4 Å². The first-order valence-electron chi connectivity index (χ1n) is 11.1. The third-order valence-corrected chi connectivity index (χ3v) is 5.59. The highest BCUT2D eigenvalue weighted by atomic mass is 16.6. The Morgan fingerprint density at radius 3 is 2.46 bits per heavy atom. The molecule has 0 bridgehead atoms. The number of aliphatic hydroxyl groups is 1. The molecule has 10 heteroatoms. The van der Waals surface area contributed by atoms with E-state index in [-0.39, 0.29) is 29.5 Å². The number of nitro benzene ring substituents is 1. The van der Waals surface area contributed by atoms with Crippen LogP contribution in [0.4, 0.5) is 5.69 Å². The number of ketones is 1. The number of carbonyl (C=O) groups is 2. The van der Waals surface area contributed by atoms with Crippen LogP contribution in [0, 0.1) is 10.1 Å². The van der Waals surface area contributed by atoms with Gasteiger partial charge in [0.15, 0.2) is 11.5 Å². The van der Waals surface area contributed by atoms with Gasteiger partial charge in [0.25, 0.3) is 17.4 Å². The second-order valence-corrected chi connectivity index (χ2v) is 8.19. The summed E-state index contributed by atoms with van der Waals surface area (Å²) in [4.78, 5) is 38.2. The first-order valence-corrected chi connectivity index (χ1v) is 11.1. The van der Waals surface area contributed by atoms with Crippen molar-refractivity contribution in [3.8, 4) is 11.5 Å². The van der Waals surface area contributed by atoms with E-state index in [9.17, 15) is 24.8 Å². The Bertz CT molecular complexity index is 1160. The molecule has 1 aliphatic rings. The van der Waals surface area contributed by atoms with E-state index in [1.54, 1.807) is 18.2 Å². The molecule has 0 aliphatic carbocycles. The number of hydrogen-bond donors (Lipinski definition) is 1. The van der Waals surface area contributed by atoms with Crippen LogP contribution < -0.4 is 9.47 Å². The number of aliphatic hydroxyl groups excluding tert-OH is 1. The van der Waals surface area contributed by atoms with Crippen molar-refractivity contribution in [1.82, 2.24) is 4.90 Å². The highest BCUT2D eigenvalue weighted by Gasteiger charge is 2.46. The molecule has 2 aromatic carbocycles. The molecule has 0 radical (unpaired) electrons. The lowest BCUT2D eigenvalue weighted by atomic mass is 9.94. The second-order valence-electron chi connectivity index (χ2n) is 8.19. The lowest BCUT2D eigenvalue weighted by molar-refractivity contribution is -0.384. The number of nitro groups is 1. The van der Waals surface area contributed by atoms with E-state index in [2.05, 4.69) is 0 Å². The maximum Gasteiger partial charge on any atom is 0.295 e. The molecule has 10 nitrogen and oxygen atoms in total. The summed E-state index contributed by atoms with van der Waals surface area (Å²) < 4.78 is 16.2. The fourth-order valence-electron chi connectivity index (χ4n) is 3.96. The monoisotopic (exact) mass is 484 g/mol. The molecule has 186 valence electrons. The number of carbonyl (C=O) groups excluding carboxylic acids is 2. The van der Waals surface area contributed by atoms with Crippen molar-refractivity contribution in [2.45, 2.75) is 32.4 Å². The van der Waals surface area contributed by atoms with Crippen molar-refractivity contribution in [3.05, 3.63) is 69.3 Å². The average molecular weight is 485 g/mol. The molecule has 1 aliphatic heterocycles. The van der Waals surface area contributed by atoms with Gasteiger partial charge < -0.3 is 24.2 Å². The zero-order valence-corrected chi connectivity index (χ0v) is 20.0. The van der Waals surface area contributed by atoms with Crippen molar-refractivity contribution >= 4 is 23.1 Å². The SMILES string of the molecule is COc1ccc(C2/C(=C(\O)c3cccc([N+](=O)[O-])c3)C(=O)C(=O)N2CCCOC(C)C)cc1OC. The summed E-state index contributed by atoms with van der Waals surface area (Å²) in [6.45, 7) is 4.37. The first-order chi connectivity index (χ1) is 16.7. The summed E-state index contributed by atoms with van der Waals surface area (Å²) >= 11 is 0. The van der Waals surface area contributed by atoms with Crippen molar-refractivity contribution in [2.75, 3.05) is 27.4 Å². The molecule has 2 aromatic rings. The maximum absolute atomic E-state index is 13.1. The minimum absolute atomic E-state index is 0.0148. The first kappa shape index (κ1) is 25.7. The Kier molecular flexibility index (Phi) is 8.08. The highest BCUT2D eigenvalue weighted by Crippen LogP contribution is 2.42. The number of non-ortho nitro benzene ring substituents is 1. The molecule has 0 aromatic heterocycles. The van der Waals surface area contributed by atoms with E-state index >= 15 is 0 Å². The summed E-state index contributed by atoms with van der Waals surface area (Å²) in [5.74, 6) is -1.31. The van der Waals surface area contributed by atoms with Crippen molar-refractivity contribution < 1.29 is 33.8 Å². The number of rotatable bonds is 10. The van der Waals surface area contributed by atoms with Crippen LogP contribution in [0.3, 0.4) is 0 Å². The number of likely N-dealkylation sites (tertiary alicyclic amines) is 1. The summed E-state index contributed by atoms with van der Waals surface area (Å²) in [5.41, 5.74) is 0.161. The zero-order valence-electron chi connectivity index (χ0n) is 20.0. The van der Waals surface area contributed by atoms with Gasteiger partial charge in [-0.3, -0.25) is 19.7 Å². The van der Waals surface area contributed by atoms with Gasteiger partial charge in [-0.15, -0.1) is 0 Å². The van der Waals surface area contributed by atoms with E-state index in [1.165, 1.54) is 37.3 Å². The fraction of sp³-hybridized carbons (Fsp3) is 0.360. The number of benzene rings is 2. The second kappa shape index (κ2) is 11.0. The normalized spacial score (nSPS) is 17.2. The average Bonchev–Trinajstić information content (AvgIpc) is 3.10. The van der Waals surface area contributed by atoms with E-state index in [1.807, 2.05) is 13.8 Å². The molecule has 35 heavy (non-hydrogen) atoms. The van der Waals surface area contributed by atoms with Crippen molar-refractivity contribution in [3.63, 3.8) is 0 Å². The van der Waals surface area contributed by atoms with Gasteiger partial charge in [-0.1, -0.05) is 18.2 Å². The summed E-state index contributed by atoms with van der Waals surface area (Å²) in [5, 5.41) is 22.3. The van der Waals surface area contributed by atoms with Crippen molar-refractivity contribution in [2.24, 2.45) is 0 Å². The Labute approximate surface area is 202 Å². The summed E-state index contributed by atoms with van der Waals surface area (Å²) in [7, 11) is 2.95. The van der Waals surface area contributed by atoms with E-state index in [0.717, 1.165) is 6.07 Å². The van der Waals surface area contributed by atoms with Crippen LogP contribution in [0.2, 0.25) is 0 Å². The van der Waals surface area contributed by atoms with Crippen LogP contribution in [-0.4, -0.2) is 60.1 Å². The van der Waals surface area contributed by atoms with Crippen LogP contribution in [0.5, 0.6) is 11.5 Å². The lowest BCUT2D eigenvalue weighted by Gasteiger charge is -2.26. The molecule has 1 N–H and O–H groups in total. The largest absolute Gasteiger partial charge is 0.507 e. The molecular weight excluding hydrogens is 456 g/mol.